The molecule has 0 aliphatic heterocycles. The number of carbonyl (C=O) groups excluding carboxylic acids is 2. The van der Waals surface area contributed by atoms with Crippen LogP contribution in [0.1, 0.15) is 91.4 Å². The van der Waals surface area contributed by atoms with Gasteiger partial charge in [-0.1, -0.05) is 45.6 Å². The molecule has 0 amide bonds. The molecule has 146 valence electrons. The fourth-order valence-corrected chi connectivity index (χ4v) is 2.56. The molecule has 0 heterocycles. The lowest BCUT2D eigenvalue weighted by atomic mass is 10.1. The molecule has 0 aromatic rings. The van der Waals surface area contributed by atoms with E-state index in [9.17, 15) is 9.59 Å². The second-order valence-corrected chi connectivity index (χ2v) is 7.20. The normalized spacial score (nSPS) is 12.0. The summed E-state index contributed by atoms with van der Waals surface area (Å²) in [4.78, 5) is 23.1. The van der Waals surface area contributed by atoms with E-state index < -0.39 is 0 Å². The Labute approximate surface area is 154 Å². The van der Waals surface area contributed by atoms with Gasteiger partial charge in [-0.25, -0.2) is 0 Å². The number of hydrogen-bond acceptors (Lipinski definition) is 4. The molecule has 0 aromatic heterocycles. The van der Waals surface area contributed by atoms with E-state index in [1.807, 2.05) is 6.92 Å². The van der Waals surface area contributed by atoms with E-state index in [1.165, 1.54) is 0 Å². The highest BCUT2D eigenvalue weighted by molar-refractivity contribution is 5.69. The molecule has 0 aliphatic rings. The second-order valence-electron chi connectivity index (χ2n) is 7.20. The van der Waals surface area contributed by atoms with Crippen LogP contribution in [-0.2, 0) is 19.1 Å². The Hall–Kier alpha value is -1.32. The molecule has 4 nitrogen and oxygen atoms in total. The first-order valence-corrected chi connectivity index (χ1v) is 9.91. The van der Waals surface area contributed by atoms with Crippen LogP contribution in [0, 0.1) is 5.92 Å². The Morgan fingerprint density at radius 2 is 1.44 bits per heavy atom. The Morgan fingerprint density at radius 1 is 0.880 bits per heavy atom. The average molecular weight is 355 g/mol. The topological polar surface area (TPSA) is 52.6 Å². The summed E-state index contributed by atoms with van der Waals surface area (Å²) in [5.41, 5.74) is 0. The van der Waals surface area contributed by atoms with Crippen LogP contribution >= 0.6 is 0 Å². The van der Waals surface area contributed by atoms with E-state index in [0.29, 0.717) is 31.8 Å². The molecule has 0 N–H and O–H groups in total. The molecule has 0 fully saturated rings. The molecule has 1 unspecified atom stereocenters. The summed E-state index contributed by atoms with van der Waals surface area (Å²) in [5, 5.41) is 0. The third-order valence-electron chi connectivity index (χ3n) is 4.03. The quantitative estimate of drug-likeness (QED) is 0.206. The first-order valence-electron chi connectivity index (χ1n) is 9.91. The van der Waals surface area contributed by atoms with Gasteiger partial charge in [0.15, 0.2) is 0 Å². The van der Waals surface area contributed by atoms with Crippen LogP contribution in [0.25, 0.3) is 0 Å². The van der Waals surface area contributed by atoms with E-state index in [4.69, 9.17) is 9.47 Å². The standard InChI is InChI=1S/C21H38O4/c1-5-13-19(4)25-21(23)16-11-9-7-6-8-10-15-20(22)24-17-12-14-18(2)3/h5,18-19H,1,6-17H2,2-4H3. The van der Waals surface area contributed by atoms with Crippen LogP contribution in [0.2, 0.25) is 0 Å². The minimum atomic E-state index is -0.116. The van der Waals surface area contributed by atoms with Gasteiger partial charge in [-0.3, -0.25) is 9.59 Å². The van der Waals surface area contributed by atoms with Crippen LogP contribution in [0.15, 0.2) is 12.7 Å². The molecule has 0 aromatic carbocycles. The summed E-state index contributed by atoms with van der Waals surface area (Å²) in [6.45, 7) is 10.4. The van der Waals surface area contributed by atoms with Crippen LogP contribution in [0.3, 0.4) is 0 Å². The first-order chi connectivity index (χ1) is 12.0. The molecular formula is C21H38O4. The monoisotopic (exact) mass is 354 g/mol. The molecule has 0 saturated heterocycles. The van der Waals surface area contributed by atoms with E-state index in [-0.39, 0.29) is 18.0 Å². The number of rotatable bonds is 16. The maximum atomic E-state index is 11.6. The molecule has 4 heteroatoms. The van der Waals surface area contributed by atoms with Gasteiger partial charge in [0.2, 0.25) is 0 Å². The predicted octanol–water partition coefficient (Wildman–Crippen LogP) is 5.59. The largest absolute Gasteiger partial charge is 0.466 e. The third kappa shape index (κ3) is 17.3. The molecule has 1 atom stereocenters. The van der Waals surface area contributed by atoms with Crippen molar-refractivity contribution in [3.63, 3.8) is 0 Å². The number of esters is 2. The van der Waals surface area contributed by atoms with Gasteiger partial charge in [-0.2, -0.15) is 0 Å². The lowest BCUT2D eigenvalue weighted by Gasteiger charge is -2.10. The van der Waals surface area contributed by atoms with Crippen molar-refractivity contribution in [2.24, 2.45) is 5.92 Å². The van der Waals surface area contributed by atoms with E-state index in [2.05, 4.69) is 20.4 Å². The second kappa shape index (κ2) is 16.2. The fraction of sp³-hybridized carbons (Fsp3) is 0.810. The summed E-state index contributed by atoms with van der Waals surface area (Å²) in [5.74, 6) is 0.478. The van der Waals surface area contributed by atoms with Crippen LogP contribution in [0.4, 0.5) is 0 Å². The van der Waals surface area contributed by atoms with Crippen molar-refractivity contribution >= 4 is 11.9 Å². The summed E-state index contributed by atoms with van der Waals surface area (Å²) in [7, 11) is 0. The first kappa shape index (κ1) is 23.7. The van der Waals surface area contributed by atoms with Gasteiger partial charge in [-0.15, -0.1) is 6.58 Å². The molecule has 0 rings (SSSR count). The molecular weight excluding hydrogens is 316 g/mol. The zero-order chi connectivity index (χ0) is 18.9. The van der Waals surface area contributed by atoms with Gasteiger partial charge in [-0.05, 0) is 38.5 Å². The average Bonchev–Trinajstić information content (AvgIpc) is 2.54. The number of ether oxygens (including phenoxy) is 2. The molecule has 0 radical (unpaired) electrons. The Kier molecular flexibility index (Phi) is 15.3. The van der Waals surface area contributed by atoms with E-state index >= 15 is 0 Å². The zero-order valence-corrected chi connectivity index (χ0v) is 16.6. The van der Waals surface area contributed by atoms with Crippen LogP contribution in [0.5, 0.6) is 0 Å². The van der Waals surface area contributed by atoms with Gasteiger partial charge in [0.25, 0.3) is 0 Å². The lowest BCUT2D eigenvalue weighted by Crippen LogP contribution is -2.13. The molecule has 0 aliphatic carbocycles. The van der Waals surface area contributed by atoms with Crippen molar-refractivity contribution in [1.82, 2.24) is 0 Å². The lowest BCUT2D eigenvalue weighted by molar-refractivity contribution is -0.148. The van der Waals surface area contributed by atoms with Crippen molar-refractivity contribution in [3.05, 3.63) is 12.7 Å². The summed E-state index contributed by atoms with van der Waals surface area (Å²) in [6.07, 6.45) is 11.5. The molecule has 25 heavy (non-hydrogen) atoms. The fourth-order valence-electron chi connectivity index (χ4n) is 2.56. The van der Waals surface area contributed by atoms with Gasteiger partial charge in [0.05, 0.1) is 6.61 Å². The highest BCUT2D eigenvalue weighted by atomic mass is 16.5. The highest BCUT2D eigenvalue weighted by Gasteiger charge is 2.07. The maximum absolute atomic E-state index is 11.6. The van der Waals surface area contributed by atoms with Crippen molar-refractivity contribution in [3.8, 4) is 0 Å². The van der Waals surface area contributed by atoms with Crippen LogP contribution < -0.4 is 0 Å². The molecule has 0 saturated carbocycles. The predicted molar refractivity (Wildman–Crippen MR) is 102 cm³/mol. The summed E-state index contributed by atoms with van der Waals surface area (Å²) >= 11 is 0. The van der Waals surface area contributed by atoms with Gasteiger partial charge in [0, 0.05) is 19.3 Å². The minimum absolute atomic E-state index is 0.0693. The van der Waals surface area contributed by atoms with Crippen molar-refractivity contribution in [2.75, 3.05) is 6.61 Å². The van der Waals surface area contributed by atoms with Gasteiger partial charge in [0.1, 0.15) is 6.10 Å². The Balaban J connectivity index is 3.36. The summed E-state index contributed by atoms with van der Waals surface area (Å²) < 4.78 is 10.5. The summed E-state index contributed by atoms with van der Waals surface area (Å²) in [6, 6.07) is 0. The van der Waals surface area contributed by atoms with Crippen LogP contribution in [-0.4, -0.2) is 24.6 Å². The van der Waals surface area contributed by atoms with Gasteiger partial charge < -0.3 is 9.47 Å². The number of hydrogen-bond donors (Lipinski definition) is 0. The molecule has 0 bridgehead atoms. The highest BCUT2D eigenvalue weighted by Crippen LogP contribution is 2.11. The smallest absolute Gasteiger partial charge is 0.306 e. The van der Waals surface area contributed by atoms with Gasteiger partial charge >= 0.3 is 11.9 Å². The molecule has 0 spiro atoms. The maximum Gasteiger partial charge on any atom is 0.306 e. The number of carbonyl (C=O) groups is 2. The SMILES string of the molecule is C=CCC(C)OC(=O)CCCCCCCCC(=O)OCCCC(C)C. The minimum Gasteiger partial charge on any atom is -0.466 e. The van der Waals surface area contributed by atoms with Crippen molar-refractivity contribution in [2.45, 2.75) is 97.5 Å². The van der Waals surface area contributed by atoms with Crippen molar-refractivity contribution < 1.29 is 19.1 Å². The Morgan fingerprint density at radius 3 is 2.00 bits per heavy atom. The van der Waals surface area contributed by atoms with Crippen molar-refractivity contribution in [1.29, 1.82) is 0 Å². The Bertz CT molecular complexity index is 363. The van der Waals surface area contributed by atoms with E-state index in [1.54, 1.807) is 6.08 Å². The third-order valence-corrected chi connectivity index (χ3v) is 4.03. The number of unbranched alkanes of at least 4 members (excludes halogenated alkanes) is 5. The zero-order valence-electron chi connectivity index (χ0n) is 16.6. The van der Waals surface area contributed by atoms with E-state index in [0.717, 1.165) is 51.4 Å².